The Balaban J connectivity index is 1.49. The predicted molar refractivity (Wildman–Crippen MR) is 110 cm³/mol. The minimum absolute atomic E-state index is 0.00425. The predicted octanol–water partition coefficient (Wildman–Crippen LogP) is 3.42. The molecule has 3 heterocycles. The largest absolute Gasteiger partial charge is 0.454 e. The Morgan fingerprint density at radius 1 is 1.23 bits per heavy atom. The number of aryl methyl sites for hydroxylation is 1. The minimum Gasteiger partial charge on any atom is -0.454 e. The summed E-state index contributed by atoms with van der Waals surface area (Å²) >= 11 is 0. The number of hydrogen-bond acceptors (Lipinski definition) is 6. The van der Waals surface area contributed by atoms with Gasteiger partial charge in [-0.15, -0.1) is 0 Å². The topological polar surface area (TPSA) is 106 Å². The van der Waals surface area contributed by atoms with E-state index in [0.29, 0.717) is 24.2 Å². The maximum Gasteiger partial charge on any atom is 0.343 e. The van der Waals surface area contributed by atoms with Gasteiger partial charge in [0.2, 0.25) is 11.8 Å². The zero-order valence-corrected chi connectivity index (χ0v) is 16.8. The van der Waals surface area contributed by atoms with Gasteiger partial charge in [0, 0.05) is 36.6 Å². The second kappa shape index (κ2) is 8.32. The second-order valence-electron chi connectivity index (χ2n) is 7.11. The molecule has 0 saturated carbocycles. The molecule has 31 heavy (non-hydrogen) atoms. The van der Waals surface area contributed by atoms with Crippen LogP contribution in [0.2, 0.25) is 0 Å². The van der Waals surface area contributed by atoms with Crippen molar-refractivity contribution in [1.29, 1.82) is 5.26 Å². The van der Waals surface area contributed by atoms with E-state index in [9.17, 15) is 19.6 Å². The number of hydrogen-bond donors (Lipinski definition) is 0. The number of aromatic nitrogens is 1. The van der Waals surface area contributed by atoms with Gasteiger partial charge in [0.1, 0.15) is 23.0 Å². The highest BCUT2D eigenvalue weighted by atomic mass is 16.5. The molecule has 1 saturated heterocycles. The first-order valence-electron chi connectivity index (χ1n) is 9.77. The number of rotatable bonds is 6. The van der Waals surface area contributed by atoms with Gasteiger partial charge in [0.15, 0.2) is 12.4 Å². The molecule has 1 fully saturated rings. The van der Waals surface area contributed by atoms with Crippen molar-refractivity contribution in [2.75, 3.05) is 18.1 Å². The Hall–Kier alpha value is -4.12. The number of esters is 1. The number of ketones is 1. The van der Waals surface area contributed by atoms with Crippen molar-refractivity contribution in [3.8, 4) is 12.0 Å². The van der Waals surface area contributed by atoms with Crippen LogP contribution in [0.1, 0.15) is 44.9 Å². The van der Waals surface area contributed by atoms with Crippen LogP contribution in [0.3, 0.4) is 0 Å². The van der Waals surface area contributed by atoms with Crippen LogP contribution in [0.15, 0.2) is 53.2 Å². The van der Waals surface area contributed by atoms with E-state index >= 15 is 0 Å². The summed E-state index contributed by atoms with van der Waals surface area (Å²) in [5.41, 5.74) is 1.02. The van der Waals surface area contributed by atoms with Gasteiger partial charge in [-0.1, -0.05) is 12.1 Å². The molecule has 0 spiro atoms. The molecule has 8 heteroatoms. The van der Waals surface area contributed by atoms with Crippen LogP contribution >= 0.6 is 0 Å². The summed E-state index contributed by atoms with van der Waals surface area (Å²) in [7, 11) is 0. The first-order valence-corrected chi connectivity index (χ1v) is 9.77. The molecule has 3 aromatic rings. The summed E-state index contributed by atoms with van der Waals surface area (Å²) in [6.45, 7) is 1.68. The van der Waals surface area contributed by atoms with Gasteiger partial charge in [-0.25, -0.2) is 4.79 Å². The summed E-state index contributed by atoms with van der Waals surface area (Å²) in [5, 5.41) is 9.54. The monoisotopic (exact) mass is 417 g/mol. The Kier molecular flexibility index (Phi) is 5.41. The lowest BCUT2D eigenvalue weighted by molar-refractivity contribution is -0.117. The molecule has 1 aliphatic heterocycles. The summed E-state index contributed by atoms with van der Waals surface area (Å²) in [5.74, 6) is -0.755. The van der Waals surface area contributed by atoms with Crippen LogP contribution in [0.4, 0.5) is 5.69 Å². The van der Waals surface area contributed by atoms with Crippen LogP contribution in [-0.4, -0.2) is 35.4 Å². The molecule has 156 valence electrons. The number of anilines is 1. The van der Waals surface area contributed by atoms with Crippen LogP contribution < -0.4 is 4.90 Å². The number of Topliss-reactive ketones (excluding diaryl/α,β-unsaturated/α-hetero) is 1. The molecule has 1 amide bonds. The number of furan rings is 1. The lowest BCUT2D eigenvalue weighted by Crippen LogP contribution is -2.24. The van der Waals surface area contributed by atoms with E-state index in [0.717, 1.165) is 6.42 Å². The van der Waals surface area contributed by atoms with E-state index in [1.165, 1.54) is 0 Å². The minimum atomic E-state index is -0.810. The molecule has 4 rings (SSSR count). The van der Waals surface area contributed by atoms with Gasteiger partial charge in [0.25, 0.3) is 0 Å². The van der Waals surface area contributed by atoms with E-state index in [1.54, 1.807) is 65.2 Å². The van der Waals surface area contributed by atoms with Gasteiger partial charge in [-0.05, 0) is 37.6 Å². The Bertz CT molecular complexity index is 1200. The molecule has 1 aromatic carbocycles. The maximum atomic E-state index is 12.6. The van der Waals surface area contributed by atoms with Gasteiger partial charge in [-0.2, -0.15) is 5.26 Å². The zero-order chi connectivity index (χ0) is 22.0. The first-order chi connectivity index (χ1) is 15.0. The number of nitriles is 1. The number of nitrogens with zero attached hydrogens (tertiary/aromatic N) is 3. The van der Waals surface area contributed by atoms with Gasteiger partial charge < -0.3 is 14.1 Å². The van der Waals surface area contributed by atoms with Crippen molar-refractivity contribution in [2.45, 2.75) is 19.8 Å². The normalized spacial score (nSPS) is 13.3. The number of ether oxygens (including phenoxy) is 1. The Morgan fingerprint density at radius 2 is 2.00 bits per heavy atom. The van der Waals surface area contributed by atoms with Crippen molar-refractivity contribution in [1.82, 2.24) is 4.57 Å². The van der Waals surface area contributed by atoms with Crippen molar-refractivity contribution < 1.29 is 23.5 Å². The second-order valence-corrected chi connectivity index (χ2v) is 7.11. The van der Waals surface area contributed by atoms with Gasteiger partial charge >= 0.3 is 5.97 Å². The number of amides is 1. The van der Waals surface area contributed by atoms with Crippen molar-refractivity contribution in [3.63, 3.8) is 0 Å². The van der Waals surface area contributed by atoms with E-state index in [1.807, 2.05) is 6.07 Å². The molecule has 2 aromatic heterocycles. The Morgan fingerprint density at radius 3 is 2.68 bits per heavy atom. The van der Waals surface area contributed by atoms with Gasteiger partial charge in [-0.3, -0.25) is 14.2 Å². The third-order valence-electron chi connectivity index (χ3n) is 5.11. The summed E-state index contributed by atoms with van der Waals surface area (Å²) in [6, 6.07) is 12.2. The smallest absolute Gasteiger partial charge is 0.343 e. The molecular formula is C23H19N3O5. The molecule has 0 atom stereocenters. The molecule has 1 aliphatic rings. The molecule has 0 N–H and O–H groups in total. The number of carbonyl (C=O) groups is 3. The average molecular weight is 417 g/mol. The van der Waals surface area contributed by atoms with Gasteiger partial charge in [0.05, 0.1) is 0 Å². The lowest BCUT2D eigenvalue weighted by atomic mass is 10.1. The molecule has 0 radical (unpaired) electrons. The molecular weight excluding hydrogens is 398 g/mol. The third kappa shape index (κ3) is 3.85. The standard InChI is InChI=1S/C23H19N3O5/c1-15-21(18(13-24)22(31-15)25-9-2-3-10-25)23(29)30-14-19(27)16-6-4-7-17(12-16)26-11-5-8-20(26)28/h2-4,6-7,9-10,12H,5,8,11,14H2,1H3. The number of benzene rings is 1. The summed E-state index contributed by atoms with van der Waals surface area (Å²) < 4.78 is 12.4. The quantitative estimate of drug-likeness (QED) is 0.449. The fourth-order valence-electron chi connectivity index (χ4n) is 3.59. The fourth-order valence-corrected chi connectivity index (χ4v) is 3.59. The zero-order valence-electron chi connectivity index (χ0n) is 16.8. The van der Waals surface area contributed by atoms with E-state index in [4.69, 9.17) is 9.15 Å². The molecule has 0 bridgehead atoms. The van der Waals surface area contributed by atoms with Crippen LogP contribution in [-0.2, 0) is 9.53 Å². The van der Waals surface area contributed by atoms with Crippen molar-refractivity contribution >= 4 is 23.3 Å². The highest BCUT2D eigenvalue weighted by Crippen LogP contribution is 2.26. The fraction of sp³-hybridized carbons (Fsp3) is 0.217. The summed E-state index contributed by atoms with van der Waals surface area (Å²) in [6.07, 6.45) is 4.66. The van der Waals surface area contributed by atoms with Crippen molar-refractivity contribution in [2.24, 2.45) is 0 Å². The van der Waals surface area contributed by atoms with E-state index in [-0.39, 0.29) is 28.7 Å². The number of carbonyl (C=O) groups excluding carboxylic acids is 3. The van der Waals surface area contributed by atoms with E-state index < -0.39 is 18.4 Å². The average Bonchev–Trinajstić information content (AvgIpc) is 3.51. The Labute approximate surface area is 178 Å². The highest BCUT2D eigenvalue weighted by Gasteiger charge is 2.27. The highest BCUT2D eigenvalue weighted by molar-refractivity contribution is 6.02. The van der Waals surface area contributed by atoms with Crippen LogP contribution in [0, 0.1) is 18.3 Å². The first kappa shape index (κ1) is 20.2. The lowest BCUT2D eigenvalue weighted by Gasteiger charge is -2.16. The van der Waals surface area contributed by atoms with Crippen molar-refractivity contribution in [3.05, 3.63) is 71.2 Å². The SMILES string of the molecule is Cc1oc(-n2cccc2)c(C#N)c1C(=O)OCC(=O)c1cccc(N2CCCC2=O)c1. The third-order valence-corrected chi connectivity index (χ3v) is 5.11. The molecule has 0 aliphatic carbocycles. The van der Waals surface area contributed by atoms with E-state index in [2.05, 4.69) is 0 Å². The summed E-state index contributed by atoms with van der Waals surface area (Å²) in [4.78, 5) is 38.8. The molecule has 0 unspecified atom stereocenters. The maximum absolute atomic E-state index is 12.6. The van der Waals surface area contributed by atoms with Crippen LogP contribution in [0.25, 0.3) is 5.88 Å². The molecule has 8 nitrogen and oxygen atoms in total. The van der Waals surface area contributed by atoms with Crippen LogP contribution in [0.5, 0.6) is 0 Å².